The summed E-state index contributed by atoms with van der Waals surface area (Å²) in [5, 5.41) is 2.80. The van der Waals surface area contributed by atoms with Crippen LogP contribution in [-0.4, -0.2) is 20.6 Å². The lowest BCUT2D eigenvalue weighted by Crippen LogP contribution is -2.16. The van der Waals surface area contributed by atoms with E-state index >= 15 is 0 Å². The standard InChI is InChI=1S/C20H17ClN2O3S2/c1-27-17-9-5-8-16(13-17)22-20(24)14-10-11-18(21)19(12-14)28(25,26)23-15-6-3-2-4-7-15/h2-13,23H,1H3,(H,22,24). The fourth-order valence-corrected chi connectivity index (χ4v) is 4.52. The van der Waals surface area contributed by atoms with Gasteiger partial charge in [0.25, 0.3) is 15.9 Å². The maximum absolute atomic E-state index is 12.7. The van der Waals surface area contributed by atoms with Gasteiger partial charge in [-0.15, -0.1) is 11.8 Å². The molecule has 0 bridgehead atoms. The lowest BCUT2D eigenvalue weighted by atomic mass is 10.2. The van der Waals surface area contributed by atoms with Crippen LogP contribution in [0.25, 0.3) is 0 Å². The number of nitrogens with one attached hydrogen (secondary N) is 2. The molecule has 8 heteroatoms. The highest BCUT2D eigenvalue weighted by molar-refractivity contribution is 7.98. The molecule has 3 aromatic rings. The Morgan fingerprint density at radius 3 is 2.36 bits per heavy atom. The Morgan fingerprint density at radius 2 is 1.64 bits per heavy atom. The second kappa shape index (κ2) is 8.68. The normalized spacial score (nSPS) is 11.1. The first-order valence-corrected chi connectivity index (χ1v) is 11.3. The van der Waals surface area contributed by atoms with Gasteiger partial charge in [0, 0.05) is 21.8 Å². The maximum Gasteiger partial charge on any atom is 0.263 e. The monoisotopic (exact) mass is 432 g/mol. The molecule has 0 spiro atoms. The molecule has 0 radical (unpaired) electrons. The Bertz CT molecular complexity index is 1100. The third-order valence-corrected chi connectivity index (χ3v) is 6.42. The summed E-state index contributed by atoms with van der Waals surface area (Å²) in [6.07, 6.45) is 1.94. The molecule has 5 nitrogen and oxygen atoms in total. The molecule has 1 amide bonds. The summed E-state index contributed by atoms with van der Waals surface area (Å²) < 4.78 is 27.9. The van der Waals surface area contributed by atoms with Crippen molar-refractivity contribution in [2.24, 2.45) is 0 Å². The molecular weight excluding hydrogens is 416 g/mol. The third-order valence-electron chi connectivity index (χ3n) is 3.84. The van der Waals surface area contributed by atoms with E-state index in [4.69, 9.17) is 11.6 Å². The molecule has 0 aliphatic heterocycles. The molecule has 0 fully saturated rings. The first-order chi connectivity index (χ1) is 13.4. The van der Waals surface area contributed by atoms with Crippen LogP contribution in [-0.2, 0) is 10.0 Å². The number of para-hydroxylation sites is 1. The molecule has 0 unspecified atom stereocenters. The van der Waals surface area contributed by atoms with E-state index in [1.54, 1.807) is 48.2 Å². The van der Waals surface area contributed by atoms with Crippen molar-refractivity contribution in [1.82, 2.24) is 0 Å². The average Bonchev–Trinajstić information content (AvgIpc) is 2.68. The van der Waals surface area contributed by atoms with Gasteiger partial charge in [-0.05, 0) is 54.8 Å². The number of hydrogen-bond acceptors (Lipinski definition) is 4. The van der Waals surface area contributed by atoms with Gasteiger partial charge in [-0.2, -0.15) is 0 Å². The molecule has 0 atom stereocenters. The summed E-state index contributed by atoms with van der Waals surface area (Å²) in [5.74, 6) is -0.425. The minimum Gasteiger partial charge on any atom is -0.322 e. The Hall–Kier alpha value is -2.48. The molecular formula is C20H17ClN2O3S2. The van der Waals surface area contributed by atoms with Crippen LogP contribution in [0.1, 0.15) is 10.4 Å². The van der Waals surface area contributed by atoms with Crippen molar-refractivity contribution in [2.45, 2.75) is 9.79 Å². The number of sulfonamides is 1. The van der Waals surface area contributed by atoms with E-state index in [9.17, 15) is 13.2 Å². The van der Waals surface area contributed by atoms with Crippen molar-refractivity contribution in [2.75, 3.05) is 16.3 Å². The number of carbonyl (C=O) groups excluding carboxylic acids is 1. The maximum atomic E-state index is 12.7. The molecule has 0 aliphatic carbocycles. The summed E-state index contributed by atoms with van der Waals surface area (Å²) in [4.78, 5) is 13.4. The van der Waals surface area contributed by atoms with E-state index in [0.29, 0.717) is 11.4 Å². The minimum absolute atomic E-state index is 0.0318. The number of thioether (sulfide) groups is 1. The van der Waals surface area contributed by atoms with Gasteiger partial charge >= 0.3 is 0 Å². The van der Waals surface area contributed by atoms with Crippen molar-refractivity contribution in [3.63, 3.8) is 0 Å². The average molecular weight is 433 g/mol. The lowest BCUT2D eigenvalue weighted by Gasteiger charge is -2.11. The summed E-state index contributed by atoms with van der Waals surface area (Å²) in [5.41, 5.74) is 1.22. The van der Waals surface area contributed by atoms with Gasteiger partial charge in [0.15, 0.2) is 0 Å². The summed E-state index contributed by atoms with van der Waals surface area (Å²) >= 11 is 7.66. The Balaban J connectivity index is 1.87. The first kappa shape index (κ1) is 20.3. The van der Waals surface area contributed by atoms with Gasteiger partial charge < -0.3 is 5.32 Å². The van der Waals surface area contributed by atoms with Crippen LogP contribution < -0.4 is 10.0 Å². The molecule has 0 aliphatic rings. The summed E-state index contributed by atoms with van der Waals surface area (Å²) in [6.45, 7) is 0. The molecule has 144 valence electrons. The van der Waals surface area contributed by atoms with E-state index in [1.165, 1.54) is 18.2 Å². The first-order valence-electron chi connectivity index (χ1n) is 8.22. The van der Waals surface area contributed by atoms with Gasteiger partial charge in [-0.1, -0.05) is 35.9 Å². The van der Waals surface area contributed by atoms with Crippen molar-refractivity contribution < 1.29 is 13.2 Å². The number of anilines is 2. The fourth-order valence-electron chi connectivity index (χ4n) is 2.47. The van der Waals surface area contributed by atoms with E-state index in [0.717, 1.165) is 4.90 Å². The van der Waals surface area contributed by atoms with Crippen molar-refractivity contribution >= 4 is 50.7 Å². The SMILES string of the molecule is CSc1cccc(NC(=O)c2ccc(Cl)c(S(=O)(=O)Nc3ccccc3)c2)c1. The van der Waals surface area contributed by atoms with Crippen LogP contribution in [0.4, 0.5) is 11.4 Å². The molecule has 2 N–H and O–H groups in total. The quantitative estimate of drug-likeness (QED) is 0.530. The van der Waals surface area contributed by atoms with Gasteiger partial charge in [0.2, 0.25) is 0 Å². The van der Waals surface area contributed by atoms with Crippen molar-refractivity contribution in [1.29, 1.82) is 0 Å². The van der Waals surface area contributed by atoms with Gasteiger partial charge in [0.05, 0.1) is 5.02 Å². The highest BCUT2D eigenvalue weighted by Gasteiger charge is 2.20. The molecule has 0 saturated heterocycles. The van der Waals surface area contributed by atoms with Crippen LogP contribution in [0.5, 0.6) is 0 Å². The highest BCUT2D eigenvalue weighted by atomic mass is 35.5. The number of amides is 1. The van der Waals surface area contributed by atoms with E-state index in [1.807, 2.05) is 24.5 Å². The number of benzene rings is 3. The van der Waals surface area contributed by atoms with Gasteiger partial charge in [0.1, 0.15) is 4.90 Å². The predicted octanol–water partition coefficient (Wildman–Crippen LogP) is 5.12. The minimum atomic E-state index is -3.95. The molecule has 0 saturated carbocycles. The van der Waals surface area contributed by atoms with Gasteiger partial charge in [-0.25, -0.2) is 8.42 Å². The Kier molecular flexibility index (Phi) is 6.28. The Labute approximate surface area is 173 Å². The smallest absolute Gasteiger partial charge is 0.263 e. The second-order valence-corrected chi connectivity index (χ2v) is 8.74. The second-order valence-electron chi connectivity index (χ2n) is 5.80. The zero-order valence-electron chi connectivity index (χ0n) is 14.8. The van der Waals surface area contributed by atoms with Crippen LogP contribution in [0, 0.1) is 0 Å². The van der Waals surface area contributed by atoms with Crippen LogP contribution in [0.3, 0.4) is 0 Å². The van der Waals surface area contributed by atoms with Gasteiger partial charge in [-0.3, -0.25) is 9.52 Å². The fraction of sp³-hybridized carbons (Fsp3) is 0.0500. The molecule has 3 aromatic carbocycles. The molecule has 28 heavy (non-hydrogen) atoms. The summed E-state index contributed by atoms with van der Waals surface area (Å²) in [7, 11) is -3.95. The van der Waals surface area contributed by atoms with Crippen LogP contribution in [0.15, 0.2) is 82.6 Å². The number of hydrogen-bond donors (Lipinski definition) is 2. The van der Waals surface area contributed by atoms with Crippen molar-refractivity contribution in [3.8, 4) is 0 Å². The predicted molar refractivity (Wildman–Crippen MR) is 115 cm³/mol. The van der Waals surface area contributed by atoms with E-state index in [2.05, 4.69) is 10.0 Å². The topological polar surface area (TPSA) is 75.3 Å². The van der Waals surface area contributed by atoms with Crippen LogP contribution >= 0.6 is 23.4 Å². The number of halogens is 1. The van der Waals surface area contributed by atoms with Crippen LogP contribution in [0.2, 0.25) is 5.02 Å². The summed E-state index contributed by atoms with van der Waals surface area (Å²) in [6, 6.07) is 20.0. The van der Waals surface area contributed by atoms with E-state index < -0.39 is 15.9 Å². The van der Waals surface area contributed by atoms with Crippen molar-refractivity contribution in [3.05, 3.63) is 83.4 Å². The largest absolute Gasteiger partial charge is 0.322 e. The number of carbonyl (C=O) groups is 1. The zero-order chi connectivity index (χ0) is 20.1. The molecule has 0 heterocycles. The third kappa shape index (κ3) is 4.86. The highest BCUT2D eigenvalue weighted by Crippen LogP contribution is 2.26. The zero-order valence-corrected chi connectivity index (χ0v) is 17.2. The van der Waals surface area contributed by atoms with E-state index in [-0.39, 0.29) is 15.5 Å². The molecule has 3 rings (SSSR count). The number of rotatable bonds is 6. The Morgan fingerprint density at radius 1 is 0.929 bits per heavy atom. The lowest BCUT2D eigenvalue weighted by molar-refractivity contribution is 0.102. The molecule has 0 aromatic heterocycles.